The lowest BCUT2D eigenvalue weighted by Crippen LogP contribution is -2.18. The van der Waals surface area contributed by atoms with Crippen LogP contribution in [-0.2, 0) is 24.1 Å². The molecule has 31 heavy (non-hydrogen) atoms. The number of nitrogens with zero attached hydrogens (tertiary/aromatic N) is 2. The second kappa shape index (κ2) is 9.83. The summed E-state index contributed by atoms with van der Waals surface area (Å²) in [5, 5.41) is 0. The van der Waals surface area contributed by atoms with Gasteiger partial charge in [0, 0.05) is 17.9 Å². The van der Waals surface area contributed by atoms with Crippen molar-refractivity contribution in [3.8, 4) is 0 Å². The molecule has 0 aliphatic heterocycles. The first kappa shape index (κ1) is 21.8. The number of hydrogen-bond acceptors (Lipinski definition) is 5. The van der Waals surface area contributed by atoms with Gasteiger partial charge in [0.1, 0.15) is 0 Å². The Morgan fingerprint density at radius 1 is 1.10 bits per heavy atom. The smallest absolute Gasteiger partial charge is 0.338 e. The lowest BCUT2D eigenvalue weighted by Gasteiger charge is -2.15. The van der Waals surface area contributed by atoms with E-state index in [2.05, 4.69) is 21.9 Å². The average molecular weight is 455 g/mol. The molecule has 0 unspecified atom stereocenters. The number of rotatable bonds is 6. The highest BCUT2D eigenvalue weighted by Gasteiger charge is 2.15. The topological polar surface area (TPSA) is 60.7 Å². The van der Waals surface area contributed by atoms with Crippen LogP contribution in [0.15, 0.2) is 41.4 Å². The normalized spacial score (nSPS) is 13.9. The van der Waals surface area contributed by atoms with Crippen LogP contribution >= 0.6 is 23.1 Å². The van der Waals surface area contributed by atoms with Crippen molar-refractivity contribution in [3.05, 3.63) is 63.5 Å². The molecule has 1 aliphatic rings. The van der Waals surface area contributed by atoms with Crippen LogP contribution < -0.4 is 4.80 Å². The Labute approximate surface area is 190 Å². The minimum Gasteiger partial charge on any atom is -0.462 e. The number of carbonyl (C=O) groups excluding carboxylic acids is 2. The second-order valence-corrected chi connectivity index (χ2v) is 9.53. The van der Waals surface area contributed by atoms with Gasteiger partial charge in [-0.25, -0.2) is 4.79 Å². The van der Waals surface area contributed by atoms with Crippen molar-refractivity contribution in [2.24, 2.45) is 4.99 Å². The van der Waals surface area contributed by atoms with Crippen molar-refractivity contribution >= 4 is 45.2 Å². The van der Waals surface area contributed by atoms with Crippen LogP contribution in [0.4, 0.5) is 0 Å². The molecule has 1 aliphatic carbocycles. The van der Waals surface area contributed by atoms with Crippen LogP contribution in [0.1, 0.15) is 51.6 Å². The van der Waals surface area contributed by atoms with E-state index in [-0.39, 0.29) is 11.9 Å². The molecule has 0 N–H and O–H groups in total. The molecule has 0 spiro atoms. The zero-order valence-corrected chi connectivity index (χ0v) is 19.5. The largest absolute Gasteiger partial charge is 0.462 e. The van der Waals surface area contributed by atoms with Crippen LogP contribution in [0.3, 0.4) is 0 Å². The third kappa shape index (κ3) is 4.77. The maximum absolute atomic E-state index is 13.0. The standard InChI is InChI=1S/C24H26N2O3S2/c1-3-29-23(28)19-10-11-20-21(15-19)31-24(26(20)12-13-30-2)25-22(27)18-9-8-16-6-4-5-7-17(16)14-18/h8-11,14-15H,3-7,12-13H2,1-2H3. The van der Waals surface area contributed by atoms with Gasteiger partial charge in [-0.2, -0.15) is 16.8 Å². The number of thiazole rings is 1. The van der Waals surface area contributed by atoms with E-state index in [9.17, 15) is 9.59 Å². The molecule has 0 saturated heterocycles. The van der Waals surface area contributed by atoms with Crippen LogP contribution in [0.5, 0.6) is 0 Å². The highest BCUT2D eigenvalue weighted by molar-refractivity contribution is 7.98. The Morgan fingerprint density at radius 3 is 2.65 bits per heavy atom. The lowest BCUT2D eigenvalue weighted by molar-refractivity contribution is 0.0526. The van der Waals surface area contributed by atoms with E-state index in [4.69, 9.17) is 4.74 Å². The Morgan fingerprint density at radius 2 is 1.87 bits per heavy atom. The number of aromatic nitrogens is 1. The summed E-state index contributed by atoms with van der Waals surface area (Å²) in [6.45, 7) is 2.88. The molecule has 4 rings (SSSR count). The number of fused-ring (bicyclic) bond motifs is 2. The second-order valence-electron chi connectivity index (χ2n) is 7.54. The Balaban J connectivity index is 1.74. The molecule has 0 radical (unpaired) electrons. The van der Waals surface area contributed by atoms with Gasteiger partial charge in [0.05, 0.1) is 22.4 Å². The van der Waals surface area contributed by atoms with Crippen molar-refractivity contribution in [1.29, 1.82) is 0 Å². The summed E-state index contributed by atoms with van der Waals surface area (Å²) in [6.07, 6.45) is 6.58. The van der Waals surface area contributed by atoms with Gasteiger partial charge >= 0.3 is 5.97 Å². The Bertz CT molecular complexity index is 1190. The predicted molar refractivity (Wildman–Crippen MR) is 127 cm³/mol. The van der Waals surface area contributed by atoms with Gasteiger partial charge in [-0.15, -0.1) is 0 Å². The van der Waals surface area contributed by atoms with E-state index in [1.165, 1.54) is 35.3 Å². The summed E-state index contributed by atoms with van der Waals surface area (Å²) in [5.41, 5.74) is 4.76. The molecule has 0 bridgehead atoms. The SMILES string of the molecule is CCOC(=O)c1ccc2c(c1)sc(=NC(=O)c1ccc3c(c1)CCCC3)n2CCSC. The van der Waals surface area contributed by atoms with Crippen LogP contribution in [0, 0.1) is 0 Å². The zero-order chi connectivity index (χ0) is 21.8. The molecule has 162 valence electrons. The van der Waals surface area contributed by atoms with E-state index < -0.39 is 0 Å². The molecular weight excluding hydrogens is 428 g/mol. The number of esters is 1. The highest BCUT2D eigenvalue weighted by atomic mass is 32.2. The Hall–Kier alpha value is -2.38. The quantitative estimate of drug-likeness (QED) is 0.499. The fourth-order valence-electron chi connectivity index (χ4n) is 3.92. The minimum atomic E-state index is -0.336. The summed E-state index contributed by atoms with van der Waals surface area (Å²) < 4.78 is 8.12. The van der Waals surface area contributed by atoms with E-state index in [0.29, 0.717) is 22.5 Å². The van der Waals surface area contributed by atoms with Gasteiger partial charge in [-0.3, -0.25) is 4.79 Å². The maximum atomic E-state index is 13.0. The van der Waals surface area contributed by atoms with Gasteiger partial charge in [-0.1, -0.05) is 17.4 Å². The molecule has 1 heterocycles. The van der Waals surface area contributed by atoms with Crippen molar-refractivity contribution in [1.82, 2.24) is 4.57 Å². The number of hydrogen-bond donors (Lipinski definition) is 0. The van der Waals surface area contributed by atoms with Gasteiger partial charge in [0.15, 0.2) is 4.80 Å². The number of aryl methyl sites for hydroxylation is 3. The van der Waals surface area contributed by atoms with Crippen molar-refractivity contribution in [2.75, 3.05) is 18.6 Å². The number of carbonyl (C=O) groups is 2. The zero-order valence-electron chi connectivity index (χ0n) is 17.8. The summed E-state index contributed by atoms with van der Waals surface area (Å²) in [7, 11) is 0. The molecule has 7 heteroatoms. The fourth-order valence-corrected chi connectivity index (χ4v) is 5.38. The van der Waals surface area contributed by atoms with E-state index in [0.717, 1.165) is 35.4 Å². The van der Waals surface area contributed by atoms with Crippen molar-refractivity contribution in [2.45, 2.75) is 39.2 Å². The Kier molecular flexibility index (Phi) is 6.92. The molecular formula is C24H26N2O3S2. The number of amides is 1. The molecule has 0 saturated carbocycles. The summed E-state index contributed by atoms with van der Waals surface area (Å²) in [5.74, 6) is 0.353. The number of thioether (sulfide) groups is 1. The fraction of sp³-hybridized carbons (Fsp3) is 0.375. The van der Waals surface area contributed by atoms with Crippen LogP contribution in [0.2, 0.25) is 0 Å². The van der Waals surface area contributed by atoms with Gasteiger partial charge in [-0.05, 0) is 80.3 Å². The summed E-state index contributed by atoms with van der Waals surface area (Å²) in [6, 6.07) is 11.5. The van der Waals surface area contributed by atoms with E-state index in [1.807, 2.05) is 24.3 Å². The van der Waals surface area contributed by atoms with Gasteiger partial charge in [0.2, 0.25) is 0 Å². The lowest BCUT2D eigenvalue weighted by atomic mass is 9.90. The van der Waals surface area contributed by atoms with Crippen molar-refractivity contribution < 1.29 is 14.3 Å². The van der Waals surface area contributed by atoms with E-state index in [1.54, 1.807) is 24.8 Å². The summed E-state index contributed by atoms with van der Waals surface area (Å²) in [4.78, 5) is 30.3. The first-order valence-corrected chi connectivity index (χ1v) is 12.8. The predicted octanol–water partition coefficient (Wildman–Crippen LogP) is 4.86. The number of ether oxygens (including phenoxy) is 1. The monoisotopic (exact) mass is 454 g/mol. The van der Waals surface area contributed by atoms with Gasteiger partial charge in [0.25, 0.3) is 5.91 Å². The molecule has 5 nitrogen and oxygen atoms in total. The molecule has 2 aromatic carbocycles. The van der Waals surface area contributed by atoms with Crippen LogP contribution in [-0.4, -0.2) is 35.1 Å². The third-order valence-electron chi connectivity index (χ3n) is 5.51. The highest BCUT2D eigenvalue weighted by Crippen LogP contribution is 2.23. The van der Waals surface area contributed by atoms with Crippen molar-refractivity contribution in [3.63, 3.8) is 0 Å². The molecule has 1 aromatic heterocycles. The third-order valence-corrected chi connectivity index (χ3v) is 7.14. The first-order valence-electron chi connectivity index (χ1n) is 10.6. The van der Waals surface area contributed by atoms with Gasteiger partial charge < -0.3 is 9.30 Å². The molecule has 1 amide bonds. The minimum absolute atomic E-state index is 0.219. The van der Waals surface area contributed by atoms with Crippen LogP contribution in [0.25, 0.3) is 10.2 Å². The number of benzene rings is 2. The maximum Gasteiger partial charge on any atom is 0.338 e. The molecule has 3 aromatic rings. The first-order chi connectivity index (χ1) is 15.1. The van der Waals surface area contributed by atoms with E-state index >= 15 is 0 Å². The summed E-state index contributed by atoms with van der Waals surface area (Å²) >= 11 is 3.18. The average Bonchev–Trinajstić information content (AvgIpc) is 3.13. The molecule has 0 fully saturated rings. The molecule has 0 atom stereocenters.